The average Bonchev–Trinajstić information content (AvgIpc) is 2.73. The van der Waals surface area contributed by atoms with Crippen molar-refractivity contribution in [1.82, 2.24) is 10.2 Å². The lowest BCUT2D eigenvalue weighted by atomic mass is 9.93. The Balaban J connectivity index is 1.24. The Morgan fingerprint density at radius 3 is 1.82 bits per heavy atom. The van der Waals surface area contributed by atoms with Crippen molar-refractivity contribution in [3.63, 3.8) is 0 Å². The fourth-order valence-electron chi connectivity index (χ4n) is 4.14. The number of likely N-dealkylation sites (tertiary alicyclic amines) is 1. The van der Waals surface area contributed by atoms with Crippen molar-refractivity contribution in [3.05, 3.63) is 108 Å². The van der Waals surface area contributed by atoms with E-state index >= 15 is 0 Å². The van der Waals surface area contributed by atoms with Crippen LogP contribution >= 0.6 is 0 Å². The molecule has 28 heavy (non-hydrogen) atoms. The summed E-state index contributed by atoms with van der Waals surface area (Å²) in [6.45, 7) is 3.35. The van der Waals surface area contributed by atoms with Crippen molar-refractivity contribution in [3.8, 4) is 0 Å². The van der Waals surface area contributed by atoms with Gasteiger partial charge in [0, 0.05) is 19.1 Å². The van der Waals surface area contributed by atoms with Gasteiger partial charge in [-0.3, -0.25) is 4.90 Å². The zero-order valence-electron chi connectivity index (χ0n) is 16.5. The van der Waals surface area contributed by atoms with E-state index in [4.69, 9.17) is 0 Å². The Morgan fingerprint density at radius 1 is 0.714 bits per heavy atom. The second-order valence-electron chi connectivity index (χ2n) is 7.77. The van der Waals surface area contributed by atoms with Crippen LogP contribution in [0.3, 0.4) is 0 Å². The van der Waals surface area contributed by atoms with Gasteiger partial charge in [-0.25, -0.2) is 0 Å². The smallest absolute Gasteiger partial charge is 0.0602 e. The predicted molar refractivity (Wildman–Crippen MR) is 117 cm³/mol. The fraction of sp³-hybridized carbons (Fsp3) is 0.308. The molecule has 4 rings (SSSR count). The lowest BCUT2D eigenvalue weighted by Crippen LogP contribution is -2.59. The number of unbranched alkanes of at least 4 members (excludes halogenated alkanes) is 1. The van der Waals surface area contributed by atoms with E-state index < -0.39 is 0 Å². The number of hydrogen-bond donors (Lipinski definition) is 1. The van der Waals surface area contributed by atoms with Gasteiger partial charge in [-0.05, 0) is 42.5 Å². The van der Waals surface area contributed by atoms with Crippen LogP contribution < -0.4 is 5.32 Å². The molecule has 0 spiro atoms. The minimum absolute atomic E-state index is 0.360. The van der Waals surface area contributed by atoms with Crippen molar-refractivity contribution >= 4 is 0 Å². The first-order valence-corrected chi connectivity index (χ1v) is 10.5. The molecular formula is C26H30N2. The molecule has 2 nitrogen and oxygen atoms in total. The monoisotopic (exact) mass is 370 g/mol. The topological polar surface area (TPSA) is 15.3 Å². The van der Waals surface area contributed by atoms with E-state index in [1.165, 1.54) is 36.0 Å². The van der Waals surface area contributed by atoms with Crippen LogP contribution in [0.5, 0.6) is 0 Å². The lowest BCUT2D eigenvalue weighted by molar-refractivity contribution is 0.0931. The van der Waals surface area contributed by atoms with Gasteiger partial charge in [0.25, 0.3) is 0 Å². The molecule has 2 heteroatoms. The summed E-state index contributed by atoms with van der Waals surface area (Å²) in [6.07, 6.45) is 3.68. The summed E-state index contributed by atoms with van der Waals surface area (Å²) >= 11 is 0. The number of nitrogens with zero attached hydrogens (tertiary/aromatic N) is 1. The molecule has 1 heterocycles. The first kappa shape index (κ1) is 18.9. The molecule has 0 saturated carbocycles. The summed E-state index contributed by atoms with van der Waals surface area (Å²) in [5.41, 5.74) is 4.22. The van der Waals surface area contributed by atoms with Crippen LogP contribution in [-0.4, -0.2) is 30.6 Å². The molecule has 0 atom stereocenters. The summed E-state index contributed by atoms with van der Waals surface area (Å²) in [5, 5.41) is 3.75. The van der Waals surface area contributed by atoms with Gasteiger partial charge in [0.1, 0.15) is 0 Å². The van der Waals surface area contributed by atoms with Crippen LogP contribution in [0.2, 0.25) is 0 Å². The van der Waals surface area contributed by atoms with Crippen LogP contribution in [-0.2, 0) is 6.42 Å². The summed E-state index contributed by atoms with van der Waals surface area (Å²) in [5.74, 6) is 0. The minimum atomic E-state index is 0.360. The third kappa shape index (κ3) is 4.89. The second kappa shape index (κ2) is 9.68. The molecule has 144 valence electrons. The fourth-order valence-corrected chi connectivity index (χ4v) is 4.14. The molecule has 0 aromatic heterocycles. The van der Waals surface area contributed by atoms with Gasteiger partial charge < -0.3 is 5.32 Å². The Kier molecular flexibility index (Phi) is 6.54. The Morgan fingerprint density at radius 2 is 1.25 bits per heavy atom. The number of aryl methyl sites for hydroxylation is 1. The van der Waals surface area contributed by atoms with Crippen molar-refractivity contribution in [2.75, 3.05) is 19.6 Å². The van der Waals surface area contributed by atoms with Gasteiger partial charge >= 0.3 is 0 Å². The van der Waals surface area contributed by atoms with Gasteiger partial charge in [-0.15, -0.1) is 0 Å². The number of benzene rings is 3. The SMILES string of the molecule is c1ccc(CCCCNC2CN(C(c3ccccc3)c3ccccc3)C2)cc1. The van der Waals surface area contributed by atoms with Gasteiger partial charge in [0.2, 0.25) is 0 Å². The highest BCUT2D eigenvalue weighted by molar-refractivity contribution is 5.32. The first-order valence-electron chi connectivity index (χ1n) is 10.5. The van der Waals surface area contributed by atoms with Crippen LogP contribution in [0.15, 0.2) is 91.0 Å². The highest BCUT2D eigenvalue weighted by atomic mass is 15.3. The highest BCUT2D eigenvalue weighted by Gasteiger charge is 2.33. The predicted octanol–water partition coefficient (Wildman–Crippen LogP) is 5.07. The van der Waals surface area contributed by atoms with E-state index in [1.54, 1.807) is 0 Å². The normalized spacial score (nSPS) is 14.9. The third-order valence-corrected chi connectivity index (χ3v) is 5.67. The van der Waals surface area contributed by atoms with E-state index in [0.29, 0.717) is 12.1 Å². The van der Waals surface area contributed by atoms with E-state index in [1.807, 2.05) is 0 Å². The quantitative estimate of drug-likeness (QED) is 0.529. The summed E-state index contributed by atoms with van der Waals surface area (Å²) < 4.78 is 0. The molecule has 0 radical (unpaired) electrons. The highest BCUT2D eigenvalue weighted by Crippen LogP contribution is 2.32. The second-order valence-corrected chi connectivity index (χ2v) is 7.77. The maximum atomic E-state index is 3.75. The number of rotatable bonds is 9. The van der Waals surface area contributed by atoms with Gasteiger partial charge in [0.15, 0.2) is 0 Å². The van der Waals surface area contributed by atoms with Gasteiger partial charge in [0.05, 0.1) is 6.04 Å². The van der Waals surface area contributed by atoms with Crippen molar-refractivity contribution in [2.24, 2.45) is 0 Å². The molecular weight excluding hydrogens is 340 g/mol. The third-order valence-electron chi connectivity index (χ3n) is 5.67. The van der Waals surface area contributed by atoms with E-state index in [0.717, 1.165) is 19.6 Å². The largest absolute Gasteiger partial charge is 0.311 e. The Hall–Kier alpha value is -2.42. The van der Waals surface area contributed by atoms with E-state index in [-0.39, 0.29) is 0 Å². The average molecular weight is 371 g/mol. The Bertz CT molecular complexity index is 771. The maximum absolute atomic E-state index is 3.75. The first-order chi connectivity index (χ1) is 13.9. The molecule has 3 aromatic rings. The van der Waals surface area contributed by atoms with Crippen molar-refractivity contribution in [2.45, 2.75) is 31.3 Å². The number of nitrogens with one attached hydrogen (secondary N) is 1. The molecule has 1 saturated heterocycles. The van der Waals surface area contributed by atoms with Crippen LogP contribution in [0.25, 0.3) is 0 Å². The molecule has 1 aliphatic heterocycles. The standard InChI is InChI=1S/C26H30N2/c1-4-12-22(13-5-1)14-10-11-19-27-25-20-28(21-25)26(23-15-6-2-7-16-23)24-17-8-3-9-18-24/h1-9,12-13,15-18,25-27H,10-11,14,19-21H2. The number of hydrogen-bond acceptors (Lipinski definition) is 2. The maximum Gasteiger partial charge on any atom is 0.0602 e. The molecule has 3 aromatic carbocycles. The molecule has 1 N–H and O–H groups in total. The van der Waals surface area contributed by atoms with Crippen LogP contribution in [0.1, 0.15) is 35.6 Å². The summed E-state index contributed by atoms with van der Waals surface area (Å²) in [7, 11) is 0. The zero-order chi connectivity index (χ0) is 19.0. The molecule has 1 aliphatic rings. The minimum Gasteiger partial charge on any atom is -0.311 e. The van der Waals surface area contributed by atoms with Crippen LogP contribution in [0.4, 0.5) is 0 Å². The zero-order valence-corrected chi connectivity index (χ0v) is 16.5. The van der Waals surface area contributed by atoms with Crippen LogP contribution in [0, 0.1) is 0 Å². The molecule has 0 unspecified atom stereocenters. The lowest BCUT2D eigenvalue weighted by Gasteiger charge is -2.45. The molecule has 0 bridgehead atoms. The van der Waals surface area contributed by atoms with E-state index in [2.05, 4.69) is 101 Å². The van der Waals surface area contributed by atoms with E-state index in [9.17, 15) is 0 Å². The van der Waals surface area contributed by atoms with Crippen molar-refractivity contribution in [1.29, 1.82) is 0 Å². The van der Waals surface area contributed by atoms with Crippen molar-refractivity contribution < 1.29 is 0 Å². The molecule has 0 amide bonds. The summed E-state index contributed by atoms with van der Waals surface area (Å²) in [4.78, 5) is 2.59. The van der Waals surface area contributed by atoms with Gasteiger partial charge in [-0.1, -0.05) is 91.0 Å². The molecule has 1 fully saturated rings. The summed E-state index contributed by atoms with van der Waals surface area (Å²) in [6, 6.07) is 33.6. The van der Waals surface area contributed by atoms with Gasteiger partial charge in [-0.2, -0.15) is 0 Å². The Labute approximate surface area is 169 Å². The molecule has 0 aliphatic carbocycles.